The van der Waals surface area contributed by atoms with Gasteiger partial charge in [0.15, 0.2) is 9.84 Å². The summed E-state index contributed by atoms with van der Waals surface area (Å²) in [7, 11) is -3.21. The van der Waals surface area contributed by atoms with Gasteiger partial charge in [-0.3, -0.25) is 0 Å². The van der Waals surface area contributed by atoms with Crippen LogP contribution < -0.4 is 0 Å². The van der Waals surface area contributed by atoms with Crippen LogP contribution in [0.2, 0.25) is 0 Å². The Morgan fingerprint density at radius 2 is 2.06 bits per heavy atom. The van der Waals surface area contributed by atoms with Crippen molar-refractivity contribution in [2.24, 2.45) is 0 Å². The van der Waals surface area contributed by atoms with Crippen molar-refractivity contribution in [1.82, 2.24) is 0 Å². The lowest BCUT2D eigenvalue weighted by molar-refractivity contribution is 0.0696. The van der Waals surface area contributed by atoms with Crippen molar-refractivity contribution in [2.45, 2.75) is 24.7 Å². The first-order valence-electron chi connectivity index (χ1n) is 4.94. The molecular formula is C11H12O4S. The average molecular weight is 240 g/mol. The molecule has 0 fully saturated rings. The van der Waals surface area contributed by atoms with E-state index in [4.69, 9.17) is 5.11 Å². The second kappa shape index (κ2) is 3.31. The monoisotopic (exact) mass is 240 g/mol. The highest BCUT2D eigenvalue weighted by Gasteiger charge is 2.34. The number of fused-ring (bicyclic) bond motifs is 1. The highest BCUT2D eigenvalue weighted by molar-refractivity contribution is 7.91. The van der Waals surface area contributed by atoms with Crippen molar-refractivity contribution in [2.75, 3.05) is 5.75 Å². The fourth-order valence-corrected chi connectivity index (χ4v) is 4.29. The molecule has 1 atom stereocenters. The van der Waals surface area contributed by atoms with E-state index in [2.05, 4.69) is 0 Å². The van der Waals surface area contributed by atoms with Crippen molar-refractivity contribution < 1.29 is 18.3 Å². The van der Waals surface area contributed by atoms with Gasteiger partial charge < -0.3 is 5.11 Å². The van der Waals surface area contributed by atoms with Crippen molar-refractivity contribution in [3.05, 3.63) is 28.8 Å². The minimum absolute atomic E-state index is 0.0756. The van der Waals surface area contributed by atoms with Crippen LogP contribution in [0.1, 0.15) is 34.3 Å². The summed E-state index contributed by atoms with van der Waals surface area (Å²) in [5, 5.41) is 8.96. The Hall–Kier alpha value is -1.36. The van der Waals surface area contributed by atoms with Crippen LogP contribution in [0.4, 0.5) is 0 Å². The van der Waals surface area contributed by atoms with E-state index < -0.39 is 15.8 Å². The van der Waals surface area contributed by atoms with Gasteiger partial charge in [0, 0.05) is 0 Å². The van der Waals surface area contributed by atoms with Gasteiger partial charge in [-0.1, -0.05) is 6.92 Å². The van der Waals surface area contributed by atoms with Crippen molar-refractivity contribution in [3.8, 4) is 0 Å². The standard InChI is InChI=1S/C11H12O4S/c1-6-5-16(14,15)9-4-3-8(11(12)13)7(2)10(6)9/h3-4,6H,5H2,1-2H3,(H,12,13). The normalized spacial score (nSPS) is 21.8. The predicted octanol–water partition coefficient (Wildman–Crippen LogP) is 1.58. The number of carboxylic acids is 1. The Labute approximate surface area is 93.8 Å². The molecule has 0 saturated heterocycles. The fraction of sp³-hybridized carbons (Fsp3) is 0.364. The zero-order valence-electron chi connectivity index (χ0n) is 9.02. The SMILES string of the molecule is Cc1c(C(=O)O)ccc2c1C(C)CS2(=O)=O. The first-order chi connectivity index (χ1) is 7.34. The molecule has 86 valence electrons. The number of rotatable bonds is 1. The van der Waals surface area contributed by atoms with E-state index in [0.29, 0.717) is 16.0 Å². The Balaban J connectivity index is 2.78. The Kier molecular flexibility index (Phi) is 2.31. The number of hydrogen-bond acceptors (Lipinski definition) is 3. The van der Waals surface area contributed by atoms with Crippen LogP contribution >= 0.6 is 0 Å². The number of aromatic carboxylic acids is 1. The van der Waals surface area contributed by atoms with Crippen LogP contribution in [0.5, 0.6) is 0 Å². The Morgan fingerprint density at radius 1 is 1.44 bits per heavy atom. The van der Waals surface area contributed by atoms with E-state index in [1.807, 2.05) is 6.92 Å². The summed E-state index contributed by atoms with van der Waals surface area (Å²) in [5.74, 6) is -1.07. The van der Waals surface area contributed by atoms with Gasteiger partial charge in [0.2, 0.25) is 0 Å². The molecule has 1 aromatic carbocycles. The molecule has 1 heterocycles. The highest BCUT2D eigenvalue weighted by Crippen LogP contribution is 2.37. The number of carbonyl (C=O) groups is 1. The molecule has 0 radical (unpaired) electrons. The summed E-state index contributed by atoms with van der Waals surface area (Å²) in [6.07, 6.45) is 0. The molecule has 0 aliphatic carbocycles. The first-order valence-corrected chi connectivity index (χ1v) is 6.59. The van der Waals surface area contributed by atoms with Gasteiger partial charge in [-0.2, -0.15) is 0 Å². The molecule has 0 saturated carbocycles. The van der Waals surface area contributed by atoms with E-state index >= 15 is 0 Å². The second-order valence-electron chi connectivity index (χ2n) is 4.14. The molecule has 5 heteroatoms. The molecule has 0 bridgehead atoms. The molecule has 1 aromatic rings. The van der Waals surface area contributed by atoms with Crippen molar-refractivity contribution in [1.29, 1.82) is 0 Å². The highest BCUT2D eigenvalue weighted by atomic mass is 32.2. The summed E-state index contributed by atoms with van der Waals surface area (Å²) in [6.45, 7) is 3.47. The molecular weight excluding hydrogens is 228 g/mol. The Morgan fingerprint density at radius 3 is 2.62 bits per heavy atom. The molecule has 4 nitrogen and oxygen atoms in total. The van der Waals surface area contributed by atoms with Gasteiger partial charge in [-0.05, 0) is 36.1 Å². The molecule has 1 N–H and O–H groups in total. The van der Waals surface area contributed by atoms with Crippen LogP contribution in [0.15, 0.2) is 17.0 Å². The molecule has 0 spiro atoms. The summed E-state index contributed by atoms with van der Waals surface area (Å²) in [6, 6.07) is 2.77. The maximum atomic E-state index is 11.7. The third-order valence-corrected chi connectivity index (χ3v) is 4.97. The molecule has 0 aromatic heterocycles. The molecule has 1 aliphatic heterocycles. The minimum Gasteiger partial charge on any atom is -0.478 e. The largest absolute Gasteiger partial charge is 0.478 e. The van der Waals surface area contributed by atoms with Crippen LogP contribution in [0, 0.1) is 6.92 Å². The quantitative estimate of drug-likeness (QED) is 0.809. The minimum atomic E-state index is -3.21. The second-order valence-corrected chi connectivity index (χ2v) is 6.14. The lowest BCUT2D eigenvalue weighted by Gasteiger charge is -2.09. The van der Waals surface area contributed by atoms with Gasteiger partial charge in [0.25, 0.3) is 0 Å². The van der Waals surface area contributed by atoms with Crippen LogP contribution in [-0.2, 0) is 9.84 Å². The van der Waals surface area contributed by atoms with Gasteiger partial charge >= 0.3 is 5.97 Å². The summed E-state index contributed by atoms with van der Waals surface area (Å²) in [5.41, 5.74) is 1.42. The lowest BCUT2D eigenvalue weighted by atomic mass is 9.94. The molecule has 0 amide bonds. The van der Waals surface area contributed by atoms with E-state index in [1.54, 1.807) is 6.92 Å². The van der Waals surface area contributed by atoms with E-state index in [9.17, 15) is 13.2 Å². The molecule has 16 heavy (non-hydrogen) atoms. The van der Waals surface area contributed by atoms with Gasteiger partial charge in [-0.15, -0.1) is 0 Å². The maximum Gasteiger partial charge on any atom is 0.335 e. The van der Waals surface area contributed by atoms with Gasteiger partial charge in [0.1, 0.15) is 0 Å². The fourth-order valence-electron chi connectivity index (χ4n) is 2.32. The maximum absolute atomic E-state index is 11.7. The van der Waals surface area contributed by atoms with Crippen LogP contribution in [0.25, 0.3) is 0 Å². The predicted molar refractivity (Wildman–Crippen MR) is 58.6 cm³/mol. The van der Waals surface area contributed by atoms with E-state index in [0.717, 1.165) is 0 Å². The molecule has 1 unspecified atom stereocenters. The number of sulfone groups is 1. The molecule has 1 aliphatic rings. The van der Waals surface area contributed by atoms with Crippen molar-refractivity contribution in [3.63, 3.8) is 0 Å². The summed E-state index contributed by atoms with van der Waals surface area (Å²) < 4.78 is 23.5. The van der Waals surface area contributed by atoms with Gasteiger partial charge in [0.05, 0.1) is 16.2 Å². The molecule has 2 rings (SSSR count). The smallest absolute Gasteiger partial charge is 0.335 e. The van der Waals surface area contributed by atoms with Crippen LogP contribution in [0.3, 0.4) is 0 Å². The summed E-state index contributed by atoms with van der Waals surface area (Å²) in [4.78, 5) is 11.2. The average Bonchev–Trinajstić information content (AvgIpc) is 2.37. The van der Waals surface area contributed by atoms with Gasteiger partial charge in [-0.25, -0.2) is 13.2 Å². The third kappa shape index (κ3) is 1.43. The van der Waals surface area contributed by atoms with Crippen LogP contribution in [-0.4, -0.2) is 25.2 Å². The first kappa shape index (κ1) is 11.1. The van der Waals surface area contributed by atoms with E-state index in [-0.39, 0.29) is 17.2 Å². The lowest BCUT2D eigenvalue weighted by Crippen LogP contribution is -2.04. The number of hydrogen-bond donors (Lipinski definition) is 1. The number of carboxylic acid groups (broad SMARTS) is 1. The van der Waals surface area contributed by atoms with E-state index in [1.165, 1.54) is 12.1 Å². The third-order valence-electron chi connectivity index (χ3n) is 3.00. The zero-order valence-corrected chi connectivity index (χ0v) is 9.84. The van der Waals surface area contributed by atoms with Crippen molar-refractivity contribution >= 4 is 15.8 Å². The topological polar surface area (TPSA) is 71.4 Å². The number of benzene rings is 1. The Bertz CT molecular complexity index is 572. The summed E-state index contributed by atoms with van der Waals surface area (Å²) >= 11 is 0. The zero-order chi connectivity index (χ0) is 12.1.